The first-order chi connectivity index (χ1) is 17.4. The van der Waals surface area contributed by atoms with Gasteiger partial charge in [0.15, 0.2) is 11.5 Å². The third-order valence-electron chi connectivity index (χ3n) is 5.74. The average Bonchev–Trinajstić information content (AvgIpc) is 2.89. The highest BCUT2D eigenvalue weighted by Gasteiger charge is 2.17. The van der Waals surface area contributed by atoms with Crippen molar-refractivity contribution >= 4 is 22.6 Å². The van der Waals surface area contributed by atoms with Crippen LogP contribution in [0.5, 0.6) is 17.2 Å². The maximum absolute atomic E-state index is 13.3. The summed E-state index contributed by atoms with van der Waals surface area (Å²) in [6.45, 7) is 4.73. The lowest BCUT2D eigenvalue weighted by molar-refractivity contribution is 0.102. The molecule has 8 nitrogen and oxygen atoms in total. The second-order valence-electron chi connectivity index (χ2n) is 8.70. The van der Waals surface area contributed by atoms with Crippen LogP contribution in [0.3, 0.4) is 0 Å². The molecule has 0 aliphatic heterocycles. The maximum Gasteiger partial charge on any atom is 0.277 e. The molecule has 36 heavy (non-hydrogen) atoms. The Hall–Kier alpha value is -4.33. The van der Waals surface area contributed by atoms with Crippen molar-refractivity contribution in [2.24, 2.45) is 5.92 Å². The number of hydrogen-bond acceptors (Lipinski definition) is 6. The monoisotopic (exact) mass is 487 g/mol. The van der Waals surface area contributed by atoms with E-state index in [-0.39, 0.29) is 11.5 Å². The molecule has 0 aliphatic rings. The molecule has 4 aromatic rings. The maximum atomic E-state index is 13.3. The minimum Gasteiger partial charge on any atom is -0.493 e. The summed E-state index contributed by atoms with van der Waals surface area (Å²) < 4.78 is 17.8. The highest BCUT2D eigenvalue weighted by atomic mass is 16.5. The van der Waals surface area contributed by atoms with Crippen molar-refractivity contribution in [3.05, 3.63) is 76.6 Å². The molecule has 0 saturated carbocycles. The smallest absolute Gasteiger partial charge is 0.277 e. The normalized spacial score (nSPS) is 10.9. The molecule has 0 saturated heterocycles. The molecule has 0 bridgehead atoms. The van der Waals surface area contributed by atoms with E-state index in [1.165, 1.54) is 21.3 Å². The van der Waals surface area contributed by atoms with Crippen LogP contribution in [0.2, 0.25) is 0 Å². The fourth-order valence-corrected chi connectivity index (χ4v) is 4.06. The topological polar surface area (TPSA) is 91.7 Å². The highest BCUT2D eigenvalue weighted by Crippen LogP contribution is 2.40. The van der Waals surface area contributed by atoms with Gasteiger partial charge in [0, 0.05) is 35.5 Å². The molecule has 0 unspecified atom stereocenters. The summed E-state index contributed by atoms with van der Waals surface area (Å²) in [6, 6.07) is 17.7. The summed E-state index contributed by atoms with van der Waals surface area (Å²) in [5.74, 6) is 1.28. The molecule has 3 aromatic carbocycles. The van der Waals surface area contributed by atoms with Crippen molar-refractivity contribution in [1.82, 2.24) is 9.55 Å². The molecule has 0 aliphatic carbocycles. The first kappa shape index (κ1) is 24.8. The van der Waals surface area contributed by atoms with Gasteiger partial charge in [0.05, 0.1) is 32.4 Å². The van der Waals surface area contributed by atoms with Crippen LogP contribution in [-0.2, 0) is 6.54 Å². The van der Waals surface area contributed by atoms with Crippen LogP contribution in [0.25, 0.3) is 22.3 Å². The lowest BCUT2D eigenvalue weighted by Crippen LogP contribution is -2.25. The molecule has 0 spiro atoms. The van der Waals surface area contributed by atoms with Crippen LogP contribution in [0, 0.1) is 5.92 Å². The zero-order chi connectivity index (χ0) is 25.8. The number of aromatic nitrogens is 2. The number of nitrogens with zero attached hydrogens (tertiary/aromatic N) is 2. The van der Waals surface area contributed by atoms with Crippen LogP contribution in [0.15, 0.2) is 65.5 Å². The Morgan fingerprint density at radius 1 is 0.944 bits per heavy atom. The largest absolute Gasteiger partial charge is 0.493 e. The molecule has 8 heteroatoms. The Kier molecular flexibility index (Phi) is 7.24. The Labute approximate surface area is 209 Å². The third kappa shape index (κ3) is 4.88. The summed E-state index contributed by atoms with van der Waals surface area (Å²) in [5.41, 5.74) is 3.32. The fraction of sp³-hybridized carbons (Fsp3) is 0.250. The highest BCUT2D eigenvalue weighted by molar-refractivity contribution is 6.04. The van der Waals surface area contributed by atoms with Crippen molar-refractivity contribution in [2.75, 3.05) is 26.6 Å². The summed E-state index contributed by atoms with van der Waals surface area (Å²) in [7, 11) is 4.54. The molecular formula is C28H29N3O5. The zero-order valence-corrected chi connectivity index (χ0v) is 21.0. The molecule has 1 aromatic heterocycles. The van der Waals surface area contributed by atoms with E-state index in [1.807, 2.05) is 24.3 Å². The number of hydrogen-bond donors (Lipinski definition) is 1. The first-order valence-corrected chi connectivity index (χ1v) is 11.6. The molecule has 0 atom stereocenters. The number of amides is 1. The van der Waals surface area contributed by atoms with E-state index in [9.17, 15) is 9.59 Å². The summed E-state index contributed by atoms with van der Waals surface area (Å²) in [6.07, 6.45) is 0. The van der Waals surface area contributed by atoms with E-state index in [1.54, 1.807) is 41.0 Å². The second-order valence-corrected chi connectivity index (χ2v) is 8.70. The molecule has 1 amide bonds. The molecule has 186 valence electrons. The number of ether oxygens (including phenoxy) is 3. The van der Waals surface area contributed by atoms with Crippen LogP contribution < -0.4 is 25.1 Å². The third-order valence-corrected chi connectivity index (χ3v) is 5.74. The van der Waals surface area contributed by atoms with Gasteiger partial charge in [-0.15, -0.1) is 0 Å². The first-order valence-electron chi connectivity index (χ1n) is 11.6. The van der Waals surface area contributed by atoms with Gasteiger partial charge in [0.1, 0.15) is 5.69 Å². The van der Waals surface area contributed by atoms with Gasteiger partial charge in [0.2, 0.25) is 5.75 Å². The van der Waals surface area contributed by atoms with E-state index in [0.717, 1.165) is 11.0 Å². The number of methoxy groups -OCH3 is 3. The van der Waals surface area contributed by atoms with Gasteiger partial charge in [-0.05, 0) is 30.2 Å². The molecular weight excluding hydrogens is 458 g/mol. The molecule has 0 radical (unpaired) electrons. The van der Waals surface area contributed by atoms with E-state index >= 15 is 0 Å². The Balaban J connectivity index is 1.65. The Bertz CT molecular complexity index is 1430. The van der Waals surface area contributed by atoms with Gasteiger partial charge < -0.3 is 24.1 Å². The summed E-state index contributed by atoms with van der Waals surface area (Å²) in [4.78, 5) is 30.9. The van der Waals surface area contributed by atoms with Crippen molar-refractivity contribution in [3.8, 4) is 28.5 Å². The van der Waals surface area contributed by atoms with Crippen LogP contribution in [0.4, 0.5) is 5.69 Å². The molecule has 4 rings (SSSR count). The molecule has 0 fully saturated rings. The van der Waals surface area contributed by atoms with E-state index in [0.29, 0.717) is 52.2 Å². The molecule has 1 heterocycles. The van der Waals surface area contributed by atoms with Crippen molar-refractivity contribution in [2.45, 2.75) is 20.4 Å². The Morgan fingerprint density at radius 3 is 2.17 bits per heavy atom. The van der Waals surface area contributed by atoms with E-state index in [2.05, 4.69) is 24.1 Å². The van der Waals surface area contributed by atoms with Gasteiger partial charge in [-0.25, -0.2) is 4.98 Å². The van der Waals surface area contributed by atoms with Crippen LogP contribution in [0.1, 0.15) is 24.2 Å². The summed E-state index contributed by atoms with van der Waals surface area (Å²) in [5, 5.41) is 2.85. The number of carbonyl (C=O) groups is 1. The number of benzene rings is 3. The SMILES string of the molecule is COc1cc(NC(=O)c2ccc(-c3nc4ccccc4n(CC(C)C)c3=O)cc2)cc(OC)c1OC. The zero-order valence-electron chi connectivity index (χ0n) is 21.0. The van der Waals surface area contributed by atoms with Crippen molar-refractivity contribution in [1.29, 1.82) is 0 Å². The quantitative estimate of drug-likeness (QED) is 0.376. The van der Waals surface area contributed by atoms with Gasteiger partial charge in [-0.2, -0.15) is 0 Å². The number of anilines is 1. The van der Waals surface area contributed by atoms with Gasteiger partial charge in [-0.1, -0.05) is 38.1 Å². The number of rotatable bonds is 8. The molecule has 1 N–H and O–H groups in total. The van der Waals surface area contributed by atoms with E-state index < -0.39 is 0 Å². The average molecular weight is 488 g/mol. The standard InChI is InChI=1S/C28H29N3O5/c1-17(2)16-31-22-9-7-6-8-21(22)30-25(28(31)33)18-10-12-19(13-11-18)27(32)29-20-14-23(34-3)26(36-5)24(15-20)35-4/h6-15,17H,16H2,1-5H3,(H,29,32). The lowest BCUT2D eigenvalue weighted by Gasteiger charge is -2.15. The predicted octanol–water partition coefficient (Wildman–Crippen LogP) is 5.00. The minimum atomic E-state index is -0.320. The predicted molar refractivity (Wildman–Crippen MR) is 140 cm³/mol. The fourth-order valence-electron chi connectivity index (χ4n) is 4.06. The number of para-hydroxylation sites is 2. The van der Waals surface area contributed by atoms with Gasteiger partial charge in [0.25, 0.3) is 11.5 Å². The van der Waals surface area contributed by atoms with E-state index in [4.69, 9.17) is 14.2 Å². The van der Waals surface area contributed by atoms with Gasteiger partial charge in [-0.3, -0.25) is 9.59 Å². The number of nitrogens with one attached hydrogen (secondary N) is 1. The number of carbonyl (C=O) groups excluding carboxylic acids is 1. The minimum absolute atomic E-state index is 0.156. The van der Waals surface area contributed by atoms with Crippen molar-refractivity contribution < 1.29 is 19.0 Å². The van der Waals surface area contributed by atoms with Crippen molar-refractivity contribution in [3.63, 3.8) is 0 Å². The van der Waals surface area contributed by atoms with Gasteiger partial charge >= 0.3 is 0 Å². The van der Waals surface area contributed by atoms with Crippen LogP contribution >= 0.6 is 0 Å². The number of fused-ring (bicyclic) bond motifs is 1. The Morgan fingerprint density at radius 2 is 1.58 bits per heavy atom. The van der Waals surface area contributed by atoms with Crippen LogP contribution in [-0.4, -0.2) is 36.8 Å². The second kappa shape index (κ2) is 10.5. The lowest BCUT2D eigenvalue weighted by atomic mass is 10.1. The summed E-state index contributed by atoms with van der Waals surface area (Å²) >= 11 is 0.